The van der Waals surface area contributed by atoms with Crippen LogP contribution in [0, 0.1) is 5.82 Å². The molecule has 0 saturated heterocycles. The van der Waals surface area contributed by atoms with E-state index in [1.165, 1.54) is 0 Å². The monoisotopic (exact) mass is 313 g/mol. The van der Waals surface area contributed by atoms with Crippen LogP contribution in [0.2, 0.25) is 0 Å². The first-order valence-electron chi connectivity index (χ1n) is 5.71. The molecule has 22 heavy (non-hydrogen) atoms. The van der Waals surface area contributed by atoms with Crippen LogP contribution in [0.3, 0.4) is 0 Å². The minimum Gasteiger partial charge on any atom is -0.505 e. The Labute approximate surface area is 123 Å². The number of anilines is 1. The second-order valence-electron chi connectivity index (χ2n) is 3.85. The molecule has 9 heteroatoms. The van der Waals surface area contributed by atoms with Crippen molar-refractivity contribution in [2.24, 2.45) is 0 Å². The minimum atomic E-state index is -1.49. The third kappa shape index (κ3) is 3.95. The number of aromatic hydroxyl groups is 1. The topological polar surface area (TPSA) is 122 Å². The number of hydrogen-bond donors (Lipinski definition) is 3. The van der Waals surface area contributed by atoms with E-state index < -0.39 is 40.7 Å². The number of nitrogens with one attached hydrogen (secondary N) is 1. The van der Waals surface area contributed by atoms with E-state index in [0.717, 1.165) is 14.2 Å². The summed E-state index contributed by atoms with van der Waals surface area (Å²) in [5.41, 5.74) is -1.34. The van der Waals surface area contributed by atoms with Crippen molar-refractivity contribution in [3.8, 4) is 5.75 Å². The molecule has 0 amide bonds. The summed E-state index contributed by atoms with van der Waals surface area (Å²) in [6, 6.07) is 1.32. The molecule has 0 aromatic heterocycles. The second-order valence-corrected chi connectivity index (χ2v) is 3.85. The number of carboxylic acid groups (broad SMARTS) is 1. The predicted octanol–water partition coefficient (Wildman–Crippen LogP) is 0.871. The molecule has 0 heterocycles. The van der Waals surface area contributed by atoms with Crippen LogP contribution in [0.15, 0.2) is 23.9 Å². The average molecular weight is 313 g/mol. The van der Waals surface area contributed by atoms with Crippen molar-refractivity contribution in [3.63, 3.8) is 0 Å². The summed E-state index contributed by atoms with van der Waals surface area (Å²) in [7, 11) is 2.10. The Hall–Kier alpha value is -3.10. The Bertz CT molecular complexity index is 654. The maximum atomic E-state index is 13.4. The number of phenolic OH excluding ortho intramolecular Hbond substituents is 1. The lowest BCUT2D eigenvalue weighted by Crippen LogP contribution is -2.17. The molecular weight excluding hydrogens is 301 g/mol. The molecule has 1 aromatic rings. The standard InChI is InChI=1S/C13H12FNO7/c1-21-11(17)5-9(13(20)22-2)15-8-4-7(14)10(16)3-6(8)12(18)19/h3-5,15-16H,1-2H3,(H,18,19)/b9-5+. The molecular formula is C13H12FNO7. The SMILES string of the molecule is COC(=O)/C=C(/Nc1cc(F)c(O)cc1C(=O)O)C(=O)OC. The normalized spacial score (nSPS) is 10.8. The van der Waals surface area contributed by atoms with E-state index in [1.807, 2.05) is 0 Å². The molecule has 3 N–H and O–H groups in total. The van der Waals surface area contributed by atoms with Gasteiger partial charge in [-0.25, -0.2) is 18.8 Å². The summed E-state index contributed by atoms with van der Waals surface area (Å²) in [5, 5.41) is 20.5. The van der Waals surface area contributed by atoms with E-state index in [2.05, 4.69) is 14.8 Å². The Morgan fingerprint density at radius 3 is 2.36 bits per heavy atom. The highest BCUT2D eigenvalue weighted by Crippen LogP contribution is 2.26. The quantitative estimate of drug-likeness (QED) is 0.416. The van der Waals surface area contributed by atoms with Crippen molar-refractivity contribution in [3.05, 3.63) is 35.3 Å². The van der Waals surface area contributed by atoms with Gasteiger partial charge in [0.15, 0.2) is 11.6 Å². The molecule has 0 unspecified atom stereocenters. The minimum absolute atomic E-state index is 0.358. The lowest BCUT2D eigenvalue weighted by molar-refractivity contribution is -0.138. The van der Waals surface area contributed by atoms with Gasteiger partial charge in [0.25, 0.3) is 0 Å². The molecule has 0 bridgehead atoms. The third-order valence-corrected chi connectivity index (χ3v) is 2.46. The van der Waals surface area contributed by atoms with Crippen LogP contribution in [-0.2, 0) is 19.1 Å². The number of carboxylic acids is 1. The van der Waals surface area contributed by atoms with Gasteiger partial charge in [0.1, 0.15) is 5.70 Å². The zero-order valence-corrected chi connectivity index (χ0v) is 11.5. The molecule has 8 nitrogen and oxygen atoms in total. The first-order chi connectivity index (χ1) is 10.3. The van der Waals surface area contributed by atoms with Gasteiger partial charge >= 0.3 is 17.9 Å². The highest BCUT2D eigenvalue weighted by molar-refractivity contribution is 6.01. The number of methoxy groups -OCH3 is 2. The van der Waals surface area contributed by atoms with Gasteiger partial charge in [-0.2, -0.15) is 0 Å². The molecule has 0 fully saturated rings. The van der Waals surface area contributed by atoms with Gasteiger partial charge < -0.3 is 25.0 Å². The van der Waals surface area contributed by atoms with E-state index in [-0.39, 0.29) is 5.69 Å². The molecule has 1 aromatic carbocycles. The van der Waals surface area contributed by atoms with Gasteiger partial charge in [-0.05, 0) is 6.07 Å². The van der Waals surface area contributed by atoms with Crippen LogP contribution < -0.4 is 5.32 Å². The van der Waals surface area contributed by atoms with E-state index in [9.17, 15) is 23.9 Å². The van der Waals surface area contributed by atoms with Crippen LogP contribution in [0.4, 0.5) is 10.1 Å². The van der Waals surface area contributed by atoms with Crippen LogP contribution in [0.5, 0.6) is 5.75 Å². The van der Waals surface area contributed by atoms with Gasteiger partial charge in [0.2, 0.25) is 0 Å². The van der Waals surface area contributed by atoms with Crippen molar-refractivity contribution < 1.29 is 38.5 Å². The fourth-order valence-electron chi connectivity index (χ4n) is 1.42. The van der Waals surface area contributed by atoms with E-state index >= 15 is 0 Å². The molecule has 0 spiro atoms. The first-order valence-corrected chi connectivity index (χ1v) is 5.71. The van der Waals surface area contributed by atoms with Crippen molar-refractivity contribution >= 4 is 23.6 Å². The predicted molar refractivity (Wildman–Crippen MR) is 70.8 cm³/mol. The number of phenols is 1. The molecule has 0 aliphatic carbocycles. The third-order valence-electron chi connectivity index (χ3n) is 2.46. The largest absolute Gasteiger partial charge is 0.505 e. The zero-order valence-electron chi connectivity index (χ0n) is 11.5. The molecule has 0 radical (unpaired) electrons. The van der Waals surface area contributed by atoms with E-state index in [4.69, 9.17) is 5.11 Å². The Kier molecular flexibility index (Phi) is 5.44. The summed E-state index contributed by atoms with van der Waals surface area (Å²) in [5.74, 6) is -5.39. The number of benzene rings is 1. The van der Waals surface area contributed by atoms with Crippen LogP contribution in [0.25, 0.3) is 0 Å². The number of hydrogen-bond acceptors (Lipinski definition) is 7. The lowest BCUT2D eigenvalue weighted by atomic mass is 10.1. The lowest BCUT2D eigenvalue weighted by Gasteiger charge is -2.12. The number of rotatable bonds is 5. The molecule has 118 valence electrons. The summed E-state index contributed by atoms with van der Waals surface area (Å²) < 4.78 is 22.1. The summed E-state index contributed by atoms with van der Waals surface area (Å²) in [4.78, 5) is 33.8. The highest BCUT2D eigenvalue weighted by Gasteiger charge is 2.19. The number of esters is 2. The maximum absolute atomic E-state index is 13.4. The van der Waals surface area contributed by atoms with Crippen molar-refractivity contribution in [1.82, 2.24) is 0 Å². The number of aromatic carboxylic acids is 1. The smallest absolute Gasteiger partial charge is 0.354 e. The summed E-state index contributed by atoms with van der Waals surface area (Å²) in [6.45, 7) is 0. The van der Waals surface area contributed by atoms with Crippen LogP contribution in [-0.4, -0.2) is 42.3 Å². The van der Waals surface area contributed by atoms with Crippen molar-refractivity contribution in [2.75, 3.05) is 19.5 Å². The zero-order chi connectivity index (χ0) is 16.9. The summed E-state index contributed by atoms with van der Waals surface area (Å²) in [6.07, 6.45) is 0.711. The van der Waals surface area contributed by atoms with Gasteiger partial charge in [0.05, 0.1) is 31.5 Å². The molecule has 1 rings (SSSR count). The fraction of sp³-hybridized carbons (Fsp3) is 0.154. The fourth-order valence-corrected chi connectivity index (χ4v) is 1.42. The number of carbonyl (C=O) groups is 3. The summed E-state index contributed by atoms with van der Waals surface area (Å²) >= 11 is 0. The molecule has 0 atom stereocenters. The Morgan fingerprint density at radius 1 is 1.23 bits per heavy atom. The van der Waals surface area contributed by atoms with Crippen molar-refractivity contribution in [1.29, 1.82) is 0 Å². The second kappa shape index (κ2) is 7.07. The van der Waals surface area contributed by atoms with Gasteiger partial charge in [-0.1, -0.05) is 0 Å². The Morgan fingerprint density at radius 2 is 1.86 bits per heavy atom. The molecule has 0 aliphatic rings. The van der Waals surface area contributed by atoms with Crippen molar-refractivity contribution in [2.45, 2.75) is 0 Å². The van der Waals surface area contributed by atoms with Gasteiger partial charge in [-0.3, -0.25) is 0 Å². The first kappa shape index (κ1) is 17.0. The van der Waals surface area contributed by atoms with Gasteiger partial charge in [-0.15, -0.1) is 0 Å². The van der Waals surface area contributed by atoms with E-state index in [0.29, 0.717) is 18.2 Å². The molecule has 0 saturated carbocycles. The maximum Gasteiger partial charge on any atom is 0.354 e. The number of halogens is 1. The van der Waals surface area contributed by atoms with Crippen LogP contribution >= 0.6 is 0 Å². The number of ether oxygens (including phenoxy) is 2. The Balaban J connectivity index is 3.32. The number of carbonyl (C=O) groups excluding carboxylic acids is 2. The van der Waals surface area contributed by atoms with Gasteiger partial charge in [0, 0.05) is 6.07 Å². The highest BCUT2D eigenvalue weighted by atomic mass is 19.1. The average Bonchev–Trinajstić information content (AvgIpc) is 2.48. The molecule has 0 aliphatic heterocycles. The van der Waals surface area contributed by atoms with Crippen LogP contribution in [0.1, 0.15) is 10.4 Å². The van der Waals surface area contributed by atoms with E-state index in [1.54, 1.807) is 0 Å².